The number of thiazole rings is 2. The van der Waals surface area contributed by atoms with Crippen molar-refractivity contribution in [2.75, 3.05) is 30.8 Å². The van der Waals surface area contributed by atoms with E-state index >= 15 is 0 Å². The summed E-state index contributed by atoms with van der Waals surface area (Å²) in [6.45, 7) is 1.65. The summed E-state index contributed by atoms with van der Waals surface area (Å²) in [4.78, 5) is 35.7. The molecule has 0 saturated heterocycles. The van der Waals surface area contributed by atoms with Gasteiger partial charge < -0.3 is 10.1 Å². The van der Waals surface area contributed by atoms with Crippen molar-refractivity contribution < 1.29 is 14.3 Å². The second-order valence-electron chi connectivity index (χ2n) is 6.00. The monoisotopic (exact) mass is 403 g/mol. The summed E-state index contributed by atoms with van der Waals surface area (Å²) in [7, 11) is 1.31. The zero-order valence-corrected chi connectivity index (χ0v) is 16.2. The maximum atomic E-state index is 12.4. The number of anilines is 2. The van der Waals surface area contributed by atoms with E-state index in [0.29, 0.717) is 16.8 Å². The number of carbonyl (C=O) groups is 2. The minimum atomic E-state index is -0.534. The van der Waals surface area contributed by atoms with Crippen molar-refractivity contribution in [1.29, 1.82) is 0 Å². The average Bonchev–Trinajstić information content (AvgIpc) is 3.23. The minimum absolute atomic E-state index is 0.0880. The van der Waals surface area contributed by atoms with E-state index in [1.807, 2.05) is 24.3 Å². The van der Waals surface area contributed by atoms with E-state index in [9.17, 15) is 9.59 Å². The van der Waals surface area contributed by atoms with E-state index in [0.717, 1.165) is 33.8 Å². The van der Waals surface area contributed by atoms with Gasteiger partial charge in [0.15, 0.2) is 10.3 Å². The molecule has 1 aliphatic heterocycles. The quantitative estimate of drug-likeness (QED) is 0.695. The predicted molar refractivity (Wildman–Crippen MR) is 105 cm³/mol. The molecule has 0 aliphatic carbocycles. The van der Waals surface area contributed by atoms with E-state index < -0.39 is 6.09 Å². The van der Waals surface area contributed by atoms with Crippen molar-refractivity contribution in [2.24, 2.45) is 0 Å². The van der Waals surface area contributed by atoms with Gasteiger partial charge in [-0.15, -0.1) is 0 Å². The fraction of sp³-hybridized carbons (Fsp3) is 0.294. The number of ether oxygens (including phenoxy) is 1. The largest absolute Gasteiger partial charge is 0.453 e. The third kappa shape index (κ3) is 4.07. The van der Waals surface area contributed by atoms with Gasteiger partial charge in [-0.2, -0.15) is 0 Å². The van der Waals surface area contributed by atoms with Crippen molar-refractivity contribution in [3.05, 3.63) is 34.8 Å². The normalized spacial score (nSPS) is 14.0. The summed E-state index contributed by atoms with van der Waals surface area (Å²) in [6, 6.07) is 7.79. The number of nitrogens with one attached hydrogen (secondary N) is 2. The number of benzene rings is 1. The number of hydrogen-bond acceptors (Lipinski definition) is 8. The third-order valence-corrected chi connectivity index (χ3v) is 6.06. The van der Waals surface area contributed by atoms with Gasteiger partial charge in [-0.25, -0.2) is 14.8 Å². The molecule has 2 N–H and O–H groups in total. The highest BCUT2D eigenvalue weighted by Crippen LogP contribution is 2.29. The van der Waals surface area contributed by atoms with Gasteiger partial charge in [0.05, 0.1) is 29.6 Å². The van der Waals surface area contributed by atoms with Gasteiger partial charge in [0.2, 0.25) is 5.91 Å². The maximum absolute atomic E-state index is 12.4. The fourth-order valence-electron chi connectivity index (χ4n) is 2.86. The molecule has 0 radical (unpaired) electrons. The SMILES string of the molecule is COC(=O)Nc1nc2c(s1)CN(CC(=O)Nc1nc3ccccc3s1)CC2. The number of para-hydroxylation sites is 1. The summed E-state index contributed by atoms with van der Waals surface area (Å²) in [5, 5.41) is 6.61. The lowest BCUT2D eigenvalue weighted by molar-refractivity contribution is -0.117. The Morgan fingerprint density at radius 3 is 2.81 bits per heavy atom. The number of rotatable bonds is 4. The Hall–Kier alpha value is -2.56. The van der Waals surface area contributed by atoms with Crippen LogP contribution in [-0.2, 0) is 22.5 Å². The zero-order chi connectivity index (χ0) is 18.8. The van der Waals surface area contributed by atoms with E-state index in [1.54, 1.807) is 0 Å². The van der Waals surface area contributed by atoms with Crippen LogP contribution in [0.15, 0.2) is 24.3 Å². The van der Waals surface area contributed by atoms with Crippen molar-refractivity contribution in [3.63, 3.8) is 0 Å². The van der Waals surface area contributed by atoms with Crippen LogP contribution < -0.4 is 10.6 Å². The van der Waals surface area contributed by atoms with Crippen molar-refractivity contribution in [1.82, 2.24) is 14.9 Å². The van der Waals surface area contributed by atoms with Gasteiger partial charge in [-0.1, -0.05) is 34.8 Å². The number of nitrogens with zero attached hydrogens (tertiary/aromatic N) is 3. The van der Waals surface area contributed by atoms with E-state index in [4.69, 9.17) is 0 Å². The molecule has 0 atom stereocenters. The Morgan fingerprint density at radius 2 is 2.00 bits per heavy atom. The molecule has 4 rings (SSSR count). The summed E-state index contributed by atoms with van der Waals surface area (Å²) in [6.07, 6.45) is 0.205. The third-order valence-electron chi connectivity index (χ3n) is 4.11. The van der Waals surface area contributed by atoms with Crippen LogP contribution in [0.2, 0.25) is 0 Å². The summed E-state index contributed by atoms with van der Waals surface area (Å²) >= 11 is 2.88. The second-order valence-corrected chi connectivity index (χ2v) is 8.12. The van der Waals surface area contributed by atoms with Gasteiger partial charge >= 0.3 is 6.09 Å². The first-order chi connectivity index (χ1) is 13.1. The Bertz CT molecular complexity index is 967. The first-order valence-corrected chi connectivity index (χ1v) is 9.95. The lowest BCUT2D eigenvalue weighted by Crippen LogP contribution is -2.36. The molecule has 3 heterocycles. The molecular formula is C17H17N5O3S2. The van der Waals surface area contributed by atoms with Crippen molar-refractivity contribution in [2.45, 2.75) is 13.0 Å². The topological polar surface area (TPSA) is 96.5 Å². The molecule has 1 aromatic carbocycles. The van der Waals surface area contributed by atoms with Crippen LogP contribution in [-0.4, -0.2) is 47.1 Å². The van der Waals surface area contributed by atoms with Crippen molar-refractivity contribution >= 4 is 55.2 Å². The van der Waals surface area contributed by atoms with Gasteiger partial charge in [-0.05, 0) is 12.1 Å². The molecule has 2 amide bonds. The van der Waals surface area contributed by atoms with Crippen molar-refractivity contribution in [3.8, 4) is 0 Å². The standard InChI is InChI=1S/C17H17N5O3S2/c1-25-17(24)21-16-19-11-6-7-22(8-13(11)27-16)9-14(23)20-15-18-10-4-2-3-5-12(10)26-15/h2-5H,6-9H2,1H3,(H,18,20,23)(H,19,21,24). The van der Waals surface area contributed by atoms with Gasteiger partial charge in [0.25, 0.3) is 0 Å². The molecule has 3 aromatic rings. The fourth-order valence-corrected chi connectivity index (χ4v) is 4.78. The molecule has 140 valence electrons. The number of aromatic nitrogens is 2. The van der Waals surface area contributed by atoms with Gasteiger partial charge in [0, 0.05) is 24.4 Å². The molecule has 0 unspecified atom stereocenters. The molecule has 1 aliphatic rings. The number of methoxy groups -OCH3 is 1. The van der Waals surface area contributed by atoms with Gasteiger partial charge in [-0.3, -0.25) is 15.0 Å². The lowest BCUT2D eigenvalue weighted by Gasteiger charge is -2.24. The molecule has 0 fully saturated rings. The van der Waals surface area contributed by atoms with Crippen LogP contribution in [0.3, 0.4) is 0 Å². The lowest BCUT2D eigenvalue weighted by atomic mass is 10.2. The van der Waals surface area contributed by atoms with Crippen LogP contribution in [0, 0.1) is 0 Å². The highest BCUT2D eigenvalue weighted by Gasteiger charge is 2.23. The molecule has 27 heavy (non-hydrogen) atoms. The molecule has 0 bridgehead atoms. The zero-order valence-electron chi connectivity index (χ0n) is 14.5. The van der Waals surface area contributed by atoms with Crippen LogP contribution in [0.25, 0.3) is 10.2 Å². The number of amides is 2. The number of fused-ring (bicyclic) bond motifs is 2. The van der Waals surface area contributed by atoms with E-state index in [2.05, 4.69) is 30.2 Å². The maximum Gasteiger partial charge on any atom is 0.413 e. The van der Waals surface area contributed by atoms with Gasteiger partial charge in [0.1, 0.15) is 0 Å². The molecule has 0 spiro atoms. The van der Waals surface area contributed by atoms with Crippen LogP contribution in [0.4, 0.5) is 15.1 Å². The summed E-state index contributed by atoms with van der Waals surface area (Å²) < 4.78 is 5.63. The average molecular weight is 403 g/mol. The van der Waals surface area contributed by atoms with Crippen LogP contribution >= 0.6 is 22.7 Å². The molecular weight excluding hydrogens is 386 g/mol. The Balaban J connectivity index is 1.36. The Kier molecular flexibility index (Phi) is 5.01. The summed E-state index contributed by atoms with van der Waals surface area (Å²) in [5.74, 6) is -0.0880. The smallest absolute Gasteiger partial charge is 0.413 e. The van der Waals surface area contributed by atoms with Crippen LogP contribution in [0.1, 0.15) is 10.6 Å². The predicted octanol–water partition coefficient (Wildman–Crippen LogP) is 2.93. The first-order valence-electron chi connectivity index (χ1n) is 8.32. The minimum Gasteiger partial charge on any atom is -0.453 e. The van der Waals surface area contributed by atoms with Crippen LogP contribution in [0.5, 0.6) is 0 Å². The highest BCUT2D eigenvalue weighted by molar-refractivity contribution is 7.22. The first kappa shape index (κ1) is 17.8. The molecule has 10 heteroatoms. The Morgan fingerprint density at radius 1 is 1.19 bits per heavy atom. The number of carbonyl (C=O) groups excluding carboxylic acids is 2. The Labute approximate surface area is 163 Å². The van der Waals surface area contributed by atoms with E-state index in [1.165, 1.54) is 29.8 Å². The highest BCUT2D eigenvalue weighted by atomic mass is 32.1. The molecule has 8 nitrogen and oxygen atoms in total. The summed E-state index contributed by atoms with van der Waals surface area (Å²) in [5.41, 5.74) is 1.85. The number of hydrogen-bond donors (Lipinski definition) is 2. The molecule has 2 aromatic heterocycles. The van der Waals surface area contributed by atoms with E-state index in [-0.39, 0.29) is 12.5 Å². The second kappa shape index (κ2) is 7.59. The molecule has 0 saturated carbocycles.